The summed E-state index contributed by atoms with van der Waals surface area (Å²) in [6, 6.07) is 6.92. The van der Waals surface area contributed by atoms with Gasteiger partial charge in [0.25, 0.3) is 5.69 Å². The molecule has 0 bridgehead atoms. The first kappa shape index (κ1) is 45.2. The third-order valence-electron chi connectivity index (χ3n) is 8.34. The Morgan fingerprint density at radius 3 is 0.828 bits per heavy atom. The van der Waals surface area contributed by atoms with E-state index in [0.717, 1.165) is 11.3 Å². The van der Waals surface area contributed by atoms with E-state index in [2.05, 4.69) is 12.5 Å². The van der Waals surface area contributed by atoms with Crippen LogP contribution in [-0.2, 0) is 16.6 Å². The third kappa shape index (κ3) is 6.95. The van der Waals surface area contributed by atoms with Crippen LogP contribution in [0.4, 0.5) is 93.5 Å². The largest absolute Gasteiger partial charge is 0.277 e. The van der Waals surface area contributed by atoms with Gasteiger partial charge in [0.2, 0.25) is 0 Å². The van der Waals surface area contributed by atoms with E-state index in [1.165, 1.54) is 0 Å². The summed E-state index contributed by atoms with van der Waals surface area (Å²) in [5.41, 5.74) is -13.3. The average molecular weight is 877 g/mol. The van der Waals surface area contributed by atoms with Crippen molar-refractivity contribution in [3.05, 3.63) is 156 Å². The Labute approximate surface area is 311 Å². The van der Waals surface area contributed by atoms with Crippen molar-refractivity contribution < 1.29 is 92.7 Å². The second-order valence-electron chi connectivity index (χ2n) is 11.8. The Hall–Kier alpha value is -5.49. The number of hydrogen-bond donors (Lipinski definition) is 0. The Balaban J connectivity index is 0.000000486. The second kappa shape index (κ2) is 16.4. The number of nitro groups is 1. The van der Waals surface area contributed by atoms with E-state index in [-0.39, 0.29) is 21.5 Å². The maximum Gasteiger partial charge on any atom is 0.277 e. The first-order valence-corrected chi connectivity index (χ1v) is 17.0. The summed E-state index contributed by atoms with van der Waals surface area (Å²) in [7, 11) is 0.202. The van der Waals surface area contributed by atoms with Crippen molar-refractivity contribution in [2.75, 3.05) is 12.5 Å². The molecule has 5 aromatic carbocycles. The zero-order chi connectivity index (χ0) is 44.2. The molecule has 0 unspecified atom stereocenters. The summed E-state index contributed by atoms with van der Waals surface area (Å²) in [6.45, 7) is 0. The molecular formula is C33H12BF20NO2S. The van der Waals surface area contributed by atoms with Crippen LogP contribution in [0.3, 0.4) is 0 Å². The molecule has 25 heteroatoms. The molecule has 3 nitrogen and oxygen atoms in total. The van der Waals surface area contributed by atoms with Crippen LogP contribution in [0.1, 0.15) is 5.56 Å². The van der Waals surface area contributed by atoms with Gasteiger partial charge in [-0.3, -0.25) is 10.1 Å². The van der Waals surface area contributed by atoms with Gasteiger partial charge in [0.15, 0.2) is 69.8 Å². The van der Waals surface area contributed by atoms with Crippen LogP contribution in [0.15, 0.2) is 24.3 Å². The molecule has 0 aliphatic heterocycles. The highest BCUT2D eigenvalue weighted by Crippen LogP contribution is 2.31. The Kier molecular flexibility index (Phi) is 12.8. The molecule has 0 amide bonds. The van der Waals surface area contributed by atoms with Crippen LogP contribution >= 0.6 is 0 Å². The van der Waals surface area contributed by atoms with Gasteiger partial charge >= 0.3 is 0 Å². The van der Waals surface area contributed by atoms with Crippen LogP contribution < -0.4 is 21.9 Å². The van der Waals surface area contributed by atoms with Gasteiger partial charge in [-0.2, -0.15) is 0 Å². The molecule has 5 rings (SSSR count). The lowest BCUT2D eigenvalue weighted by Gasteiger charge is -2.44. The zero-order valence-corrected chi connectivity index (χ0v) is 28.6. The monoisotopic (exact) mass is 877 g/mol. The van der Waals surface area contributed by atoms with Crippen LogP contribution in [0.2, 0.25) is 0 Å². The van der Waals surface area contributed by atoms with Crippen molar-refractivity contribution in [3.63, 3.8) is 0 Å². The number of nitro benzene ring substituents is 1. The molecule has 0 saturated heterocycles. The molecule has 0 saturated carbocycles. The van der Waals surface area contributed by atoms with Crippen LogP contribution in [-0.4, -0.2) is 23.6 Å². The highest BCUT2D eigenvalue weighted by molar-refractivity contribution is 7.94. The van der Waals surface area contributed by atoms with E-state index in [9.17, 15) is 62.8 Å². The number of rotatable bonds is 7. The normalized spacial score (nSPS) is 11.6. The van der Waals surface area contributed by atoms with Crippen molar-refractivity contribution >= 4 is 44.6 Å². The fourth-order valence-electron chi connectivity index (χ4n) is 6.00. The lowest BCUT2D eigenvalue weighted by atomic mass is 9.12. The van der Waals surface area contributed by atoms with Gasteiger partial charge in [-0.1, -0.05) is 12.1 Å². The lowest BCUT2D eigenvalue weighted by molar-refractivity contribution is -0.385. The zero-order valence-electron chi connectivity index (χ0n) is 27.8. The quantitative estimate of drug-likeness (QED) is 0.0319. The fourth-order valence-corrected chi connectivity index (χ4v) is 6.86. The number of nitrogens with zero attached hydrogens (tertiary/aromatic N) is 1. The highest BCUT2D eigenvalue weighted by atomic mass is 32.2. The highest BCUT2D eigenvalue weighted by Gasteiger charge is 2.52. The van der Waals surface area contributed by atoms with Gasteiger partial charge < -0.3 is 0 Å². The van der Waals surface area contributed by atoms with Gasteiger partial charge in [-0.05, 0) is 17.0 Å². The van der Waals surface area contributed by atoms with Gasteiger partial charge in [0.1, 0.15) is 58.4 Å². The lowest BCUT2D eigenvalue weighted by Crippen LogP contribution is -2.81. The predicted octanol–water partition coefficient (Wildman–Crippen LogP) is 7.82. The maximum atomic E-state index is 15.4. The van der Waals surface area contributed by atoms with Crippen molar-refractivity contribution in [2.45, 2.75) is 5.75 Å². The predicted molar refractivity (Wildman–Crippen MR) is 165 cm³/mol. The summed E-state index contributed by atoms with van der Waals surface area (Å²) >= 11 is 0. The molecule has 0 aromatic heterocycles. The molecule has 0 radical (unpaired) electrons. The minimum absolute atomic E-state index is 0.202. The fraction of sp³-hybridized carbons (Fsp3) is 0.0909. The van der Waals surface area contributed by atoms with E-state index >= 15 is 35.1 Å². The molecule has 5 aromatic rings. The van der Waals surface area contributed by atoms with E-state index < -0.39 is 144 Å². The van der Waals surface area contributed by atoms with E-state index in [1.54, 1.807) is 12.1 Å². The van der Waals surface area contributed by atoms with E-state index in [0.29, 0.717) is 0 Å². The van der Waals surface area contributed by atoms with E-state index in [4.69, 9.17) is 0 Å². The maximum absolute atomic E-state index is 15.4. The summed E-state index contributed by atoms with van der Waals surface area (Å²) < 4.78 is 294. The molecular weight excluding hydrogens is 865 g/mol. The summed E-state index contributed by atoms with van der Waals surface area (Å²) in [5.74, 6) is -70.6. The van der Waals surface area contributed by atoms with Gasteiger partial charge in [0, 0.05) is 6.07 Å². The Morgan fingerprint density at radius 2 is 0.621 bits per heavy atom. The Morgan fingerprint density at radius 1 is 0.414 bits per heavy atom. The summed E-state index contributed by atoms with van der Waals surface area (Å²) in [5, 5.41) is 10.6. The first-order valence-electron chi connectivity index (χ1n) is 14.8. The summed E-state index contributed by atoms with van der Waals surface area (Å²) in [4.78, 5) is 10.3. The third-order valence-corrected chi connectivity index (χ3v) is 9.23. The molecule has 0 aliphatic rings. The molecule has 0 N–H and O–H groups in total. The van der Waals surface area contributed by atoms with Crippen LogP contribution in [0.5, 0.6) is 0 Å². The number of para-hydroxylation sites is 1. The molecule has 310 valence electrons. The molecule has 0 atom stereocenters. The van der Waals surface area contributed by atoms with Crippen molar-refractivity contribution in [2.24, 2.45) is 0 Å². The first-order chi connectivity index (χ1) is 26.8. The number of hydrogen-bond acceptors (Lipinski definition) is 2. The molecule has 0 spiro atoms. The van der Waals surface area contributed by atoms with Gasteiger partial charge in [0.05, 0.1) is 23.0 Å². The van der Waals surface area contributed by atoms with Crippen LogP contribution in [0, 0.1) is 126 Å². The molecule has 0 heterocycles. The SMILES string of the molecule is C[S+](C)Cc1ccccc1[N+](=O)[O-].Fc1c(F)c(F)c([B-](c2c(F)c(F)c(F)c(F)c2F)(c2c(F)c(F)c(F)c(F)c2F)c2c(F)c(F)c(F)c(F)c2F)c(F)c1F. The van der Waals surface area contributed by atoms with E-state index in [1.807, 2.05) is 12.1 Å². The summed E-state index contributed by atoms with van der Waals surface area (Å²) in [6.07, 6.45) is -3.06. The van der Waals surface area contributed by atoms with Gasteiger partial charge in [-0.25, -0.2) is 87.8 Å². The van der Waals surface area contributed by atoms with Crippen molar-refractivity contribution in [3.8, 4) is 0 Å². The minimum atomic E-state index is -7.22. The topological polar surface area (TPSA) is 43.1 Å². The second-order valence-corrected chi connectivity index (χ2v) is 14.1. The smallest absolute Gasteiger partial charge is 0.258 e. The standard InChI is InChI=1S/C24BF20.C9H12NO2S/c26-5-1(6(27)14(35)21(42)13(5)34)25(2-7(28)15(36)22(43)16(37)8(2)29,3-9(30)17(38)23(44)18(39)10(3)31)4-11(32)19(40)24(45)20(41)12(4)33;1-13(2)7-8-5-3-4-6-9(8)10(11)12/h;3-6H,7H2,1-2H3/q-1;+1. The average Bonchev–Trinajstić information content (AvgIpc) is 3.17. The minimum Gasteiger partial charge on any atom is -0.258 e. The van der Waals surface area contributed by atoms with Gasteiger partial charge in [-0.15, -0.1) is 21.9 Å². The number of benzene rings is 5. The van der Waals surface area contributed by atoms with Crippen LogP contribution in [0.25, 0.3) is 0 Å². The van der Waals surface area contributed by atoms with Crippen molar-refractivity contribution in [1.82, 2.24) is 0 Å². The molecule has 0 fully saturated rings. The molecule has 0 aliphatic carbocycles. The number of halogens is 20. The Bertz CT molecular complexity index is 2140. The van der Waals surface area contributed by atoms with Crippen molar-refractivity contribution in [1.29, 1.82) is 0 Å². The molecule has 58 heavy (non-hydrogen) atoms.